The third-order valence-electron chi connectivity index (χ3n) is 6.29. The number of nitrogens with one attached hydrogen (secondary N) is 1. The Kier molecular flexibility index (Phi) is 7.33. The minimum Gasteiger partial charge on any atom is -0.493 e. The maximum absolute atomic E-state index is 14.2. The molecule has 0 unspecified atom stereocenters. The Labute approximate surface area is 213 Å². The van der Waals surface area contributed by atoms with Crippen LogP contribution in [-0.4, -0.2) is 36.0 Å². The highest BCUT2D eigenvalue weighted by atomic mass is 19.1. The first-order valence-electron chi connectivity index (χ1n) is 11.5. The quantitative estimate of drug-likeness (QED) is 0.319. The predicted molar refractivity (Wildman–Crippen MR) is 137 cm³/mol. The molecule has 0 saturated carbocycles. The van der Waals surface area contributed by atoms with Gasteiger partial charge >= 0.3 is 6.16 Å². The molecule has 37 heavy (non-hydrogen) atoms. The van der Waals surface area contributed by atoms with Crippen LogP contribution >= 0.6 is 0 Å². The molecule has 0 fully saturated rings. The van der Waals surface area contributed by atoms with Crippen molar-refractivity contribution in [3.05, 3.63) is 82.4 Å². The van der Waals surface area contributed by atoms with E-state index in [9.17, 15) is 14.0 Å². The lowest BCUT2D eigenvalue weighted by atomic mass is 10.00. The number of allylic oxidation sites excluding steroid dienone is 2. The number of aryl methyl sites for hydroxylation is 1. The second-order valence-corrected chi connectivity index (χ2v) is 8.54. The molecule has 2 N–H and O–H groups in total. The van der Waals surface area contributed by atoms with E-state index in [1.807, 2.05) is 42.9 Å². The zero-order valence-electron chi connectivity index (χ0n) is 20.9. The molecule has 0 radical (unpaired) electrons. The third kappa shape index (κ3) is 5.35. The molecule has 192 valence electrons. The molecule has 3 aromatic rings. The van der Waals surface area contributed by atoms with Gasteiger partial charge in [-0.15, -0.1) is 0 Å². The number of nitrogens with zero attached hydrogens (tertiary/aromatic N) is 1. The van der Waals surface area contributed by atoms with Crippen LogP contribution < -0.4 is 19.5 Å². The third-order valence-corrected chi connectivity index (χ3v) is 6.29. The van der Waals surface area contributed by atoms with Crippen LogP contribution in [-0.2, 0) is 18.4 Å². The highest BCUT2D eigenvalue weighted by Crippen LogP contribution is 2.45. The number of carbonyl (C=O) groups is 2. The number of carbonyl (C=O) groups excluding carboxylic acids is 1. The van der Waals surface area contributed by atoms with Crippen molar-refractivity contribution in [2.24, 2.45) is 7.05 Å². The minimum absolute atomic E-state index is 0.0589. The van der Waals surface area contributed by atoms with E-state index in [2.05, 4.69) is 5.32 Å². The summed E-state index contributed by atoms with van der Waals surface area (Å²) in [5.41, 5.74) is 5.42. The van der Waals surface area contributed by atoms with Gasteiger partial charge in [0.15, 0.2) is 11.5 Å². The van der Waals surface area contributed by atoms with Gasteiger partial charge in [0, 0.05) is 18.9 Å². The fourth-order valence-corrected chi connectivity index (χ4v) is 4.41. The van der Waals surface area contributed by atoms with E-state index in [0.29, 0.717) is 17.7 Å². The number of aromatic nitrogens is 1. The van der Waals surface area contributed by atoms with Crippen molar-refractivity contribution in [2.45, 2.75) is 19.9 Å². The first-order valence-corrected chi connectivity index (χ1v) is 11.5. The molecule has 2 aromatic carbocycles. The molecular formula is C28H27FN2O6. The highest BCUT2D eigenvalue weighted by Gasteiger charge is 2.26. The van der Waals surface area contributed by atoms with Gasteiger partial charge in [0.05, 0.1) is 27.2 Å². The van der Waals surface area contributed by atoms with Crippen LogP contribution in [0.2, 0.25) is 0 Å². The molecule has 8 nitrogen and oxygen atoms in total. The summed E-state index contributed by atoms with van der Waals surface area (Å²) in [6.45, 7) is 2.28. The summed E-state index contributed by atoms with van der Waals surface area (Å²) in [5, 5.41) is 12.0. The van der Waals surface area contributed by atoms with Gasteiger partial charge in [-0.2, -0.15) is 0 Å². The van der Waals surface area contributed by atoms with Gasteiger partial charge in [-0.25, -0.2) is 9.18 Å². The Morgan fingerprint density at radius 3 is 2.38 bits per heavy atom. The van der Waals surface area contributed by atoms with Crippen molar-refractivity contribution in [1.29, 1.82) is 0 Å². The zero-order chi connectivity index (χ0) is 26.7. The molecule has 0 saturated heterocycles. The number of benzene rings is 2. The van der Waals surface area contributed by atoms with E-state index in [1.165, 1.54) is 26.4 Å². The molecule has 0 bridgehead atoms. The van der Waals surface area contributed by atoms with E-state index in [4.69, 9.17) is 19.3 Å². The summed E-state index contributed by atoms with van der Waals surface area (Å²) in [6.07, 6.45) is 2.35. The van der Waals surface area contributed by atoms with E-state index in [0.717, 1.165) is 28.0 Å². The first kappa shape index (κ1) is 25.6. The van der Waals surface area contributed by atoms with Gasteiger partial charge in [-0.05, 0) is 82.8 Å². The van der Waals surface area contributed by atoms with Crippen molar-refractivity contribution >= 4 is 29.3 Å². The molecule has 0 atom stereocenters. The average Bonchev–Trinajstić information content (AvgIpc) is 3.38. The van der Waals surface area contributed by atoms with Crippen LogP contribution in [0.1, 0.15) is 35.7 Å². The number of amides is 1. The molecule has 1 aliphatic rings. The van der Waals surface area contributed by atoms with Crippen molar-refractivity contribution in [1.82, 2.24) is 9.88 Å². The Hall–Kier alpha value is -4.53. The topological polar surface area (TPSA) is 99.0 Å². The van der Waals surface area contributed by atoms with Gasteiger partial charge in [-0.1, -0.05) is 6.07 Å². The number of hydrogen-bond donors (Lipinski definition) is 2. The summed E-state index contributed by atoms with van der Waals surface area (Å²) in [7, 11) is 4.70. The number of carboxylic acid groups (broad SMARTS) is 1. The number of hydrogen-bond acceptors (Lipinski definition) is 5. The number of rotatable bonds is 8. The van der Waals surface area contributed by atoms with Crippen molar-refractivity contribution in [3.8, 4) is 17.2 Å². The van der Waals surface area contributed by atoms with E-state index >= 15 is 0 Å². The molecule has 1 aliphatic carbocycles. The maximum atomic E-state index is 14.2. The molecule has 1 aromatic heterocycles. The van der Waals surface area contributed by atoms with Gasteiger partial charge < -0.3 is 29.2 Å². The van der Waals surface area contributed by atoms with Crippen molar-refractivity contribution < 1.29 is 33.3 Å². The normalized spacial score (nSPS) is 13.5. The predicted octanol–water partition coefficient (Wildman–Crippen LogP) is 5.27. The Morgan fingerprint density at radius 2 is 1.78 bits per heavy atom. The first-order chi connectivity index (χ1) is 17.7. The highest BCUT2D eigenvalue weighted by molar-refractivity contribution is 6.08. The second-order valence-electron chi connectivity index (χ2n) is 8.54. The lowest BCUT2D eigenvalue weighted by Crippen LogP contribution is -2.23. The van der Waals surface area contributed by atoms with Crippen LogP contribution in [0.5, 0.6) is 17.2 Å². The second kappa shape index (κ2) is 10.6. The van der Waals surface area contributed by atoms with Crippen LogP contribution in [0.15, 0.2) is 54.2 Å². The largest absolute Gasteiger partial charge is 0.511 e. The average molecular weight is 507 g/mol. The lowest BCUT2D eigenvalue weighted by Gasteiger charge is -2.13. The molecule has 0 spiro atoms. The van der Waals surface area contributed by atoms with Crippen molar-refractivity contribution in [2.75, 3.05) is 14.2 Å². The summed E-state index contributed by atoms with van der Waals surface area (Å²) in [6, 6.07) is 11.6. The Morgan fingerprint density at radius 1 is 1.08 bits per heavy atom. The number of fused-ring (bicyclic) bond motifs is 1. The molecule has 0 aliphatic heterocycles. The summed E-state index contributed by atoms with van der Waals surface area (Å²) in [4.78, 5) is 24.0. The summed E-state index contributed by atoms with van der Waals surface area (Å²) < 4.78 is 31.7. The van der Waals surface area contributed by atoms with Crippen LogP contribution in [0.4, 0.5) is 9.18 Å². The molecule has 1 heterocycles. The summed E-state index contributed by atoms with van der Waals surface area (Å²) >= 11 is 0. The Balaban J connectivity index is 1.70. The number of methoxy groups -OCH3 is 2. The number of ether oxygens (including phenoxy) is 3. The van der Waals surface area contributed by atoms with Crippen molar-refractivity contribution in [3.63, 3.8) is 0 Å². The van der Waals surface area contributed by atoms with Gasteiger partial charge in [0.2, 0.25) is 11.7 Å². The van der Waals surface area contributed by atoms with Crippen LogP contribution in [0, 0.1) is 5.82 Å². The smallest absolute Gasteiger partial charge is 0.493 e. The molecule has 1 amide bonds. The molecular weight excluding hydrogens is 479 g/mol. The molecule has 4 rings (SSSR count). The van der Waals surface area contributed by atoms with Gasteiger partial charge in [0.1, 0.15) is 5.82 Å². The van der Waals surface area contributed by atoms with E-state index < -0.39 is 12.0 Å². The van der Waals surface area contributed by atoms with E-state index in [-0.39, 0.29) is 29.6 Å². The van der Waals surface area contributed by atoms with Gasteiger partial charge in [0.25, 0.3) is 0 Å². The SMILES string of the molecule is COc1cc(/C=C2/C(C)=C(CC(=O)NCc3cccn3C)c3cc(F)ccc32)cc(OC)c1OC(=O)O. The Bertz CT molecular complexity index is 1410. The minimum atomic E-state index is -1.50. The maximum Gasteiger partial charge on any atom is 0.511 e. The molecule has 9 heteroatoms. The number of halogens is 1. The van der Waals surface area contributed by atoms with E-state index in [1.54, 1.807) is 18.2 Å². The fourth-order valence-electron chi connectivity index (χ4n) is 4.41. The van der Waals surface area contributed by atoms with Crippen LogP contribution in [0.3, 0.4) is 0 Å². The monoisotopic (exact) mass is 506 g/mol. The van der Waals surface area contributed by atoms with Gasteiger partial charge in [-0.3, -0.25) is 4.79 Å². The standard InChI is InChI=1S/C28H27FN2O6/c1-16-21(10-17-11-24(35-3)27(37-28(33)34)25(12-17)36-4)20-8-7-18(29)13-23(20)22(16)14-26(32)30-15-19-6-5-9-31(19)2/h5-13H,14-15H2,1-4H3,(H,30,32)(H,33,34)/b21-10-. The fraction of sp³-hybridized carbons (Fsp3) is 0.214. The van der Waals surface area contributed by atoms with Crippen LogP contribution in [0.25, 0.3) is 17.2 Å². The summed E-state index contributed by atoms with van der Waals surface area (Å²) in [5.74, 6) is -0.282. The zero-order valence-corrected chi connectivity index (χ0v) is 20.9. The lowest BCUT2D eigenvalue weighted by molar-refractivity contribution is -0.120.